The third-order valence-corrected chi connectivity index (χ3v) is 3.82. The summed E-state index contributed by atoms with van der Waals surface area (Å²) in [6.45, 7) is 1.81. The quantitative estimate of drug-likeness (QED) is 0.901. The van der Waals surface area contributed by atoms with Crippen LogP contribution in [0.25, 0.3) is 0 Å². The number of amides is 2. The first-order valence-corrected chi connectivity index (χ1v) is 7.14. The maximum Gasteiger partial charge on any atom is 0.412 e. The van der Waals surface area contributed by atoms with Gasteiger partial charge in [-0.25, -0.2) is 4.79 Å². The van der Waals surface area contributed by atoms with Gasteiger partial charge in [0.05, 0.1) is 12.6 Å². The van der Waals surface area contributed by atoms with E-state index >= 15 is 0 Å². The van der Waals surface area contributed by atoms with Gasteiger partial charge >= 0.3 is 12.2 Å². The fourth-order valence-electron chi connectivity index (χ4n) is 2.70. The first kappa shape index (κ1) is 16.6. The number of carbonyl (C=O) groups excluding carboxylic acids is 1. The van der Waals surface area contributed by atoms with Gasteiger partial charge in [0.2, 0.25) is 0 Å². The van der Waals surface area contributed by atoms with Crippen LogP contribution in [0.15, 0.2) is 24.3 Å². The number of aliphatic hydroxyl groups is 1. The number of likely N-dealkylation sites (tertiary alicyclic amines) is 1. The average molecular weight is 316 g/mol. The second-order valence-corrected chi connectivity index (χ2v) is 5.51. The lowest BCUT2D eigenvalue weighted by Gasteiger charge is -2.28. The minimum atomic E-state index is -4.59. The number of nitrogens with zero attached hydrogens (tertiary/aromatic N) is 1. The Morgan fingerprint density at radius 3 is 2.82 bits per heavy atom. The van der Waals surface area contributed by atoms with E-state index < -0.39 is 24.3 Å². The Morgan fingerprint density at radius 2 is 2.23 bits per heavy atom. The van der Waals surface area contributed by atoms with Crippen LogP contribution in [-0.2, 0) is 0 Å². The van der Waals surface area contributed by atoms with Crippen molar-refractivity contribution in [1.82, 2.24) is 10.2 Å². The van der Waals surface area contributed by atoms with Gasteiger partial charge in [-0.15, -0.1) is 0 Å². The van der Waals surface area contributed by atoms with Crippen LogP contribution in [0.2, 0.25) is 0 Å². The minimum absolute atomic E-state index is 0.000551. The molecule has 4 nitrogen and oxygen atoms in total. The van der Waals surface area contributed by atoms with Crippen molar-refractivity contribution in [3.05, 3.63) is 35.4 Å². The van der Waals surface area contributed by atoms with Crippen molar-refractivity contribution in [2.24, 2.45) is 0 Å². The second-order valence-electron chi connectivity index (χ2n) is 5.51. The number of carbonyl (C=O) groups is 1. The summed E-state index contributed by atoms with van der Waals surface area (Å²) in [5, 5.41) is 11.2. The smallest absolute Gasteiger partial charge is 0.394 e. The topological polar surface area (TPSA) is 52.6 Å². The van der Waals surface area contributed by atoms with E-state index in [1.54, 1.807) is 13.0 Å². The predicted octanol–water partition coefficient (Wildman–Crippen LogP) is 2.76. The molecule has 122 valence electrons. The van der Waals surface area contributed by atoms with Crippen molar-refractivity contribution in [3.63, 3.8) is 0 Å². The molecule has 1 heterocycles. The molecule has 0 unspecified atom stereocenters. The predicted molar refractivity (Wildman–Crippen MR) is 75.3 cm³/mol. The lowest BCUT2D eigenvalue weighted by molar-refractivity contribution is -0.155. The summed E-state index contributed by atoms with van der Waals surface area (Å²) in [7, 11) is 0. The molecule has 0 aromatic heterocycles. The van der Waals surface area contributed by atoms with E-state index in [0.717, 1.165) is 0 Å². The van der Waals surface area contributed by atoms with Crippen molar-refractivity contribution in [1.29, 1.82) is 0 Å². The summed E-state index contributed by atoms with van der Waals surface area (Å²) in [5.74, 6) is 0. The van der Waals surface area contributed by atoms with Crippen LogP contribution >= 0.6 is 0 Å². The third kappa shape index (κ3) is 3.71. The van der Waals surface area contributed by atoms with Gasteiger partial charge < -0.3 is 15.3 Å². The normalized spacial score (nSPS) is 20.0. The number of aliphatic hydroxyl groups excluding tert-OH is 1. The van der Waals surface area contributed by atoms with E-state index in [2.05, 4.69) is 5.32 Å². The summed E-state index contributed by atoms with van der Waals surface area (Å²) in [4.78, 5) is 13.4. The van der Waals surface area contributed by atoms with Crippen molar-refractivity contribution >= 4 is 6.03 Å². The molecule has 7 heteroatoms. The highest BCUT2D eigenvalue weighted by Crippen LogP contribution is 2.33. The number of hydrogen-bond donors (Lipinski definition) is 2. The third-order valence-electron chi connectivity index (χ3n) is 3.82. The molecule has 1 fully saturated rings. The summed E-state index contributed by atoms with van der Waals surface area (Å²) < 4.78 is 39.8. The first-order valence-electron chi connectivity index (χ1n) is 7.14. The van der Waals surface area contributed by atoms with Crippen LogP contribution in [0, 0.1) is 6.92 Å². The van der Waals surface area contributed by atoms with Crippen molar-refractivity contribution in [2.75, 3.05) is 13.2 Å². The van der Waals surface area contributed by atoms with Crippen molar-refractivity contribution < 1.29 is 23.1 Å². The van der Waals surface area contributed by atoms with Gasteiger partial charge in [0.25, 0.3) is 0 Å². The molecule has 0 bridgehead atoms. The van der Waals surface area contributed by atoms with E-state index in [1.807, 2.05) is 0 Å². The lowest BCUT2D eigenvalue weighted by atomic mass is 10.0. The molecule has 22 heavy (non-hydrogen) atoms. The Bertz CT molecular complexity index is 534. The van der Waals surface area contributed by atoms with E-state index in [0.29, 0.717) is 24.9 Å². The van der Waals surface area contributed by atoms with E-state index in [9.17, 15) is 23.1 Å². The maximum absolute atomic E-state index is 13.3. The van der Waals surface area contributed by atoms with Crippen LogP contribution < -0.4 is 5.32 Å². The molecule has 0 saturated carbocycles. The molecule has 1 aromatic carbocycles. The minimum Gasteiger partial charge on any atom is -0.394 e. The SMILES string of the molecule is Cc1cccc([C@H](NC(=O)N2CCC[C@H]2CO)C(F)(F)F)c1. The number of alkyl halides is 3. The van der Waals surface area contributed by atoms with Crippen LogP contribution in [0.5, 0.6) is 0 Å². The monoisotopic (exact) mass is 316 g/mol. The van der Waals surface area contributed by atoms with Gasteiger partial charge in [0.1, 0.15) is 0 Å². The Morgan fingerprint density at radius 1 is 1.50 bits per heavy atom. The molecular weight excluding hydrogens is 297 g/mol. The molecule has 0 aliphatic carbocycles. The highest BCUT2D eigenvalue weighted by Gasteiger charge is 2.43. The molecule has 1 aliphatic heterocycles. The lowest BCUT2D eigenvalue weighted by Crippen LogP contribution is -2.48. The van der Waals surface area contributed by atoms with Crippen LogP contribution in [0.3, 0.4) is 0 Å². The molecule has 2 rings (SSSR count). The first-order chi connectivity index (χ1) is 10.3. The molecule has 0 spiro atoms. The number of rotatable bonds is 3. The summed E-state index contributed by atoms with van der Waals surface area (Å²) >= 11 is 0. The molecule has 2 N–H and O–H groups in total. The molecule has 1 saturated heterocycles. The Balaban J connectivity index is 2.19. The van der Waals surface area contributed by atoms with Gasteiger partial charge in [-0.05, 0) is 25.3 Å². The molecule has 2 amide bonds. The van der Waals surface area contributed by atoms with E-state index in [-0.39, 0.29) is 12.2 Å². The largest absolute Gasteiger partial charge is 0.412 e. The zero-order chi connectivity index (χ0) is 16.3. The number of halogens is 3. The Kier molecular flexibility index (Phi) is 4.95. The zero-order valence-electron chi connectivity index (χ0n) is 12.2. The van der Waals surface area contributed by atoms with Gasteiger partial charge in [0.15, 0.2) is 6.04 Å². The van der Waals surface area contributed by atoms with Crippen LogP contribution in [0.1, 0.15) is 30.0 Å². The summed E-state index contributed by atoms with van der Waals surface area (Å²) in [5.41, 5.74) is 0.691. The molecular formula is C15H19F3N2O2. The highest BCUT2D eigenvalue weighted by molar-refractivity contribution is 5.75. The van der Waals surface area contributed by atoms with E-state index in [1.165, 1.54) is 23.1 Å². The fraction of sp³-hybridized carbons (Fsp3) is 0.533. The van der Waals surface area contributed by atoms with Crippen molar-refractivity contribution in [3.8, 4) is 0 Å². The number of urea groups is 1. The number of nitrogens with one attached hydrogen (secondary N) is 1. The van der Waals surface area contributed by atoms with Gasteiger partial charge in [-0.1, -0.05) is 29.8 Å². The Labute approximate surface area is 126 Å². The van der Waals surface area contributed by atoms with Crippen LogP contribution in [0.4, 0.5) is 18.0 Å². The van der Waals surface area contributed by atoms with Crippen LogP contribution in [-0.4, -0.2) is 41.4 Å². The molecule has 2 atom stereocenters. The average Bonchev–Trinajstić information content (AvgIpc) is 2.91. The van der Waals surface area contributed by atoms with Crippen molar-refractivity contribution in [2.45, 2.75) is 38.0 Å². The maximum atomic E-state index is 13.3. The van der Waals surface area contributed by atoms with Gasteiger partial charge in [-0.3, -0.25) is 0 Å². The molecule has 0 radical (unpaired) electrons. The number of aryl methyl sites for hydroxylation is 1. The Hall–Kier alpha value is -1.76. The van der Waals surface area contributed by atoms with Gasteiger partial charge in [-0.2, -0.15) is 13.2 Å². The second kappa shape index (κ2) is 6.56. The standard InChI is InChI=1S/C15H19F3N2O2/c1-10-4-2-5-11(8-10)13(15(16,17)18)19-14(22)20-7-3-6-12(20)9-21/h2,4-5,8,12-13,21H,3,6-7,9H2,1H3,(H,19,22)/t12-,13-/m0/s1. The highest BCUT2D eigenvalue weighted by atomic mass is 19.4. The number of hydrogen-bond acceptors (Lipinski definition) is 2. The van der Waals surface area contributed by atoms with Gasteiger partial charge in [0, 0.05) is 6.54 Å². The molecule has 1 aromatic rings. The molecule has 1 aliphatic rings. The fourth-order valence-corrected chi connectivity index (χ4v) is 2.70. The summed E-state index contributed by atoms with van der Waals surface area (Å²) in [6.07, 6.45) is -3.30. The number of benzene rings is 1. The zero-order valence-corrected chi connectivity index (χ0v) is 12.2. The summed E-state index contributed by atoms with van der Waals surface area (Å²) in [6, 6.07) is 2.72. The van der Waals surface area contributed by atoms with E-state index in [4.69, 9.17) is 0 Å².